The first kappa shape index (κ1) is 14.3. The molecular weight excluding hydrogens is 285 g/mol. The average Bonchev–Trinajstić information content (AvgIpc) is 2.42. The van der Waals surface area contributed by atoms with Crippen LogP contribution in [0.25, 0.3) is 0 Å². The lowest BCUT2D eigenvalue weighted by Gasteiger charge is -2.10. The first-order valence-electron chi connectivity index (χ1n) is 5.97. The molecule has 7 heteroatoms. The van der Waals surface area contributed by atoms with Crippen LogP contribution in [-0.2, 0) is 13.1 Å². The van der Waals surface area contributed by atoms with Gasteiger partial charge in [0.1, 0.15) is 11.5 Å². The highest BCUT2D eigenvalue weighted by molar-refractivity contribution is 6.30. The van der Waals surface area contributed by atoms with E-state index in [-0.39, 0.29) is 17.3 Å². The van der Waals surface area contributed by atoms with Crippen molar-refractivity contribution in [1.29, 1.82) is 0 Å². The molecule has 0 radical (unpaired) electrons. The third-order valence-corrected chi connectivity index (χ3v) is 3.22. The normalized spacial score (nSPS) is 10.8. The Kier molecular flexibility index (Phi) is 3.94. The van der Waals surface area contributed by atoms with Crippen molar-refractivity contribution >= 4 is 17.3 Å². The van der Waals surface area contributed by atoms with Gasteiger partial charge in [0, 0.05) is 12.7 Å². The lowest BCUT2D eigenvalue weighted by molar-refractivity contribution is 0.600. The van der Waals surface area contributed by atoms with E-state index in [4.69, 9.17) is 17.3 Å². The number of hydrogen-bond donors (Lipinski definition) is 1. The molecule has 0 aliphatic heterocycles. The van der Waals surface area contributed by atoms with Gasteiger partial charge in [-0.1, -0.05) is 17.7 Å². The molecular formula is C13H13ClFN3O2. The first-order chi connectivity index (χ1) is 9.43. The Hall–Kier alpha value is -2.08. The molecule has 20 heavy (non-hydrogen) atoms. The summed E-state index contributed by atoms with van der Waals surface area (Å²) in [6.07, 6.45) is 1.32. The summed E-state index contributed by atoms with van der Waals surface area (Å²) in [5.41, 5.74) is 5.09. The number of aryl methyl sites for hydroxylation is 1. The van der Waals surface area contributed by atoms with E-state index in [2.05, 4.69) is 0 Å². The van der Waals surface area contributed by atoms with Crippen LogP contribution >= 0.6 is 11.6 Å². The molecule has 0 spiro atoms. The Morgan fingerprint density at radius 2 is 2.05 bits per heavy atom. The molecule has 2 rings (SSSR count). The van der Waals surface area contributed by atoms with E-state index < -0.39 is 17.1 Å². The Labute approximate surface area is 119 Å². The van der Waals surface area contributed by atoms with Crippen LogP contribution in [0.3, 0.4) is 0 Å². The number of halogens is 2. The van der Waals surface area contributed by atoms with Crippen LogP contribution in [-0.4, -0.2) is 9.13 Å². The Morgan fingerprint density at radius 3 is 2.65 bits per heavy atom. The van der Waals surface area contributed by atoms with Crippen LogP contribution in [0.5, 0.6) is 0 Å². The Morgan fingerprint density at radius 1 is 1.35 bits per heavy atom. The average molecular weight is 298 g/mol. The number of benzene rings is 1. The molecule has 0 unspecified atom stereocenters. The maximum absolute atomic E-state index is 13.1. The summed E-state index contributed by atoms with van der Waals surface area (Å²) in [5, 5.41) is -0.0599. The minimum Gasteiger partial charge on any atom is -0.393 e. The van der Waals surface area contributed by atoms with E-state index in [0.717, 1.165) is 4.57 Å². The van der Waals surface area contributed by atoms with Gasteiger partial charge in [-0.3, -0.25) is 13.9 Å². The largest absolute Gasteiger partial charge is 0.393 e. The number of nitrogens with two attached hydrogens (primary N) is 1. The third kappa shape index (κ3) is 2.60. The number of nitrogen functional groups attached to an aromatic ring is 1. The summed E-state index contributed by atoms with van der Waals surface area (Å²) in [5.74, 6) is -0.554. The maximum atomic E-state index is 13.1. The van der Waals surface area contributed by atoms with Crippen molar-refractivity contribution in [3.05, 3.63) is 61.6 Å². The second kappa shape index (κ2) is 5.50. The molecule has 0 bridgehead atoms. The monoisotopic (exact) mass is 297 g/mol. The van der Waals surface area contributed by atoms with E-state index in [1.165, 1.54) is 29.0 Å². The molecule has 0 amide bonds. The Balaban J connectivity index is 2.53. The van der Waals surface area contributed by atoms with Gasteiger partial charge in [0.05, 0.1) is 11.6 Å². The third-order valence-electron chi connectivity index (χ3n) is 2.93. The van der Waals surface area contributed by atoms with Crippen LogP contribution in [0.1, 0.15) is 12.5 Å². The number of nitrogens with zero attached hydrogens (tertiary/aromatic N) is 2. The van der Waals surface area contributed by atoms with E-state index >= 15 is 0 Å². The summed E-state index contributed by atoms with van der Waals surface area (Å²) < 4.78 is 15.4. The van der Waals surface area contributed by atoms with Crippen molar-refractivity contribution in [1.82, 2.24) is 9.13 Å². The molecule has 1 heterocycles. The highest BCUT2D eigenvalue weighted by Gasteiger charge is 2.10. The number of aromatic nitrogens is 2. The minimum atomic E-state index is -0.569. The number of hydrogen-bond acceptors (Lipinski definition) is 3. The molecule has 0 aliphatic rings. The zero-order chi connectivity index (χ0) is 14.9. The van der Waals surface area contributed by atoms with Crippen molar-refractivity contribution in [3.63, 3.8) is 0 Å². The SMILES string of the molecule is CCn1cc(N)c(=O)n(Cc2ccc(F)c(Cl)c2)c1=O. The van der Waals surface area contributed by atoms with E-state index in [1.807, 2.05) is 0 Å². The minimum absolute atomic E-state index is 0.0112. The lowest BCUT2D eigenvalue weighted by atomic mass is 10.2. The topological polar surface area (TPSA) is 70.0 Å². The molecule has 0 aliphatic carbocycles. The van der Waals surface area contributed by atoms with Crippen molar-refractivity contribution in [2.45, 2.75) is 20.0 Å². The molecule has 1 aromatic carbocycles. The summed E-state index contributed by atoms with van der Waals surface area (Å²) in [6.45, 7) is 2.15. The summed E-state index contributed by atoms with van der Waals surface area (Å²) in [7, 11) is 0. The molecule has 0 fully saturated rings. The van der Waals surface area contributed by atoms with E-state index in [1.54, 1.807) is 6.92 Å². The highest BCUT2D eigenvalue weighted by atomic mass is 35.5. The van der Waals surface area contributed by atoms with Crippen LogP contribution in [0.2, 0.25) is 5.02 Å². The first-order valence-corrected chi connectivity index (χ1v) is 6.35. The molecule has 106 valence electrons. The van der Waals surface area contributed by atoms with Gasteiger partial charge in [0.2, 0.25) is 0 Å². The molecule has 0 atom stereocenters. The Bertz CT molecular complexity index is 767. The number of anilines is 1. The van der Waals surface area contributed by atoms with Crippen molar-refractivity contribution in [3.8, 4) is 0 Å². The van der Waals surface area contributed by atoms with Crippen molar-refractivity contribution < 1.29 is 4.39 Å². The van der Waals surface area contributed by atoms with Gasteiger partial charge in [-0.15, -0.1) is 0 Å². The summed E-state index contributed by atoms with van der Waals surface area (Å²) >= 11 is 5.68. The molecule has 0 saturated heterocycles. The van der Waals surface area contributed by atoms with Crippen molar-refractivity contribution in [2.24, 2.45) is 0 Å². The quantitative estimate of drug-likeness (QED) is 0.932. The molecule has 5 nitrogen and oxygen atoms in total. The fourth-order valence-corrected chi connectivity index (χ4v) is 2.07. The highest BCUT2D eigenvalue weighted by Crippen LogP contribution is 2.16. The van der Waals surface area contributed by atoms with Gasteiger partial charge in [-0.25, -0.2) is 9.18 Å². The molecule has 0 saturated carbocycles. The van der Waals surface area contributed by atoms with Gasteiger partial charge in [0.15, 0.2) is 0 Å². The second-order valence-corrected chi connectivity index (χ2v) is 4.70. The second-order valence-electron chi connectivity index (χ2n) is 4.29. The van der Waals surface area contributed by atoms with Gasteiger partial charge in [-0.2, -0.15) is 0 Å². The van der Waals surface area contributed by atoms with Crippen molar-refractivity contribution in [2.75, 3.05) is 5.73 Å². The summed E-state index contributed by atoms with van der Waals surface area (Å²) in [6, 6.07) is 4.03. The standard InChI is InChI=1S/C13H13ClFN3O2/c1-2-17-7-11(16)12(19)18(13(17)20)6-8-3-4-10(15)9(14)5-8/h3-5,7H,2,6,16H2,1H3. The van der Waals surface area contributed by atoms with Gasteiger partial charge < -0.3 is 5.73 Å². The fourth-order valence-electron chi connectivity index (χ4n) is 1.86. The summed E-state index contributed by atoms with van der Waals surface area (Å²) in [4.78, 5) is 24.0. The van der Waals surface area contributed by atoms with Crippen LogP contribution in [0.4, 0.5) is 10.1 Å². The van der Waals surface area contributed by atoms with Crippen LogP contribution < -0.4 is 17.0 Å². The van der Waals surface area contributed by atoms with Gasteiger partial charge in [-0.05, 0) is 24.6 Å². The van der Waals surface area contributed by atoms with Gasteiger partial charge >= 0.3 is 5.69 Å². The smallest absolute Gasteiger partial charge is 0.331 e. The van der Waals surface area contributed by atoms with Gasteiger partial charge in [0.25, 0.3) is 5.56 Å². The molecule has 2 aromatic rings. The lowest BCUT2D eigenvalue weighted by Crippen LogP contribution is -2.40. The predicted octanol–water partition coefficient (Wildman–Crippen LogP) is 1.45. The molecule has 2 N–H and O–H groups in total. The zero-order valence-electron chi connectivity index (χ0n) is 10.8. The molecule has 1 aromatic heterocycles. The van der Waals surface area contributed by atoms with Crippen LogP contribution in [0, 0.1) is 5.82 Å². The fraction of sp³-hybridized carbons (Fsp3) is 0.231. The van der Waals surface area contributed by atoms with E-state index in [0.29, 0.717) is 12.1 Å². The van der Waals surface area contributed by atoms with E-state index in [9.17, 15) is 14.0 Å². The number of rotatable bonds is 3. The predicted molar refractivity (Wildman–Crippen MR) is 75.6 cm³/mol. The zero-order valence-corrected chi connectivity index (χ0v) is 11.5. The van der Waals surface area contributed by atoms with Crippen LogP contribution in [0.15, 0.2) is 34.0 Å². The maximum Gasteiger partial charge on any atom is 0.331 e.